The summed E-state index contributed by atoms with van der Waals surface area (Å²) < 4.78 is 10.8. The Hall–Kier alpha value is -2.12. The molecule has 4 heterocycles. The highest BCUT2D eigenvalue weighted by molar-refractivity contribution is 7.13. The number of thiazole rings is 1. The molecule has 0 N–H and O–H groups in total. The van der Waals surface area contributed by atoms with Gasteiger partial charge in [-0.2, -0.15) is 0 Å². The zero-order valence-electron chi connectivity index (χ0n) is 15.2. The molecular weight excluding hydrogens is 362 g/mol. The van der Waals surface area contributed by atoms with E-state index in [1.807, 2.05) is 28.5 Å². The number of benzene rings is 1. The number of carbonyl (C=O) groups is 1. The van der Waals surface area contributed by atoms with Gasteiger partial charge in [0.1, 0.15) is 5.01 Å². The number of ether oxygens (including phenoxy) is 2. The predicted molar refractivity (Wildman–Crippen MR) is 103 cm³/mol. The van der Waals surface area contributed by atoms with Crippen molar-refractivity contribution in [2.45, 2.75) is 31.7 Å². The van der Waals surface area contributed by atoms with E-state index in [0.29, 0.717) is 12.5 Å². The first-order chi connectivity index (χ1) is 13.3. The number of piperazine rings is 1. The molecule has 2 aromatic rings. The van der Waals surface area contributed by atoms with Crippen LogP contribution in [-0.2, 0) is 11.2 Å². The Bertz CT molecular complexity index is 853. The normalized spacial score (nSPS) is 21.9. The van der Waals surface area contributed by atoms with Gasteiger partial charge in [-0.1, -0.05) is 6.42 Å². The molecule has 1 unspecified atom stereocenters. The summed E-state index contributed by atoms with van der Waals surface area (Å²) in [5.41, 5.74) is 1.85. The van der Waals surface area contributed by atoms with Crippen LogP contribution < -0.4 is 9.47 Å². The number of piperidine rings is 1. The number of rotatable bonds is 3. The predicted octanol–water partition coefficient (Wildman–Crippen LogP) is 2.78. The van der Waals surface area contributed by atoms with E-state index in [1.54, 1.807) is 11.3 Å². The van der Waals surface area contributed by atoms with Crippen LogP contribution in [0.4, 0.5) is 0 Å². The molecule has 0 spiro atoms. The lowest BCUT2D eigenvalue weighted by molar-refractivity contribution is -0.134. The maximum atomic E-state index is 12.8. The minimum atomic E-state index is 0.197. The summed E-state index contributed by atoms with van der Waals surface area (Å²) in [7, 11) is 0. The van der Waals surface area contributed by atoms with E-state index >= 15 is 0 Å². The molecule has 2 saturated heterocycles. The summed E-state index contributed by atoms with van der Waals surface area (Å²) in [4.78, 5) is 22.0. The van der Waals surface area contributed by atoms with Crippen molar-refractivity contribution in [2.75, 3.05) is 33.0 Å². The highest BCUT2D eigenvalue weighted by Crippen LogP contribution is 2.36. The first-order valence-corrected chi connectivity index (χ1v) is 10.5. The van der Waals surface area contributed by atoms with E-state index in [2.05, 4.69) is 9.88 Å². The van der Waals surface area contributed by atoms with Crippen molar-refractivity contribution in [3.63, 3.8) is 0 Å². The van der Waals surface area contributed by atoms with Crippen molar-refractivity contribution in [3.8, 4) is 22.1 Å². The summed E-state index contributed by atoms with van der Waals surface area (Å²) >= 11 is 1.57. The maximum Gasteiger partial charge on any atom is 0.231 e. The van der Waals surface area contributed by atoms with Crippen molar-refractivity contribution in [2.24, 2.45) is 0 Å². The third-order valence-corrected chi connectivity index (χ3v) is 6.63. The van der Waals surface area contributed by atoms with Gasteiger partial charge in [-0.05, 0) is 37.6 Å². The summed E-state index contributed by atoms with van der Waals surface area (Å²) in [6.45, 7) is 4.19. The average molecular weight is 385 g/mol. The highest BCUT2D eigenvalue weighted by Gasteiger charge is 2.31. The molecule has 1 atom stereocenters. The minimum absolute atomic E-state index is 0.197. The second-order valence-corrected chi connectivity index (χ2v) is 8.27. The Balaban J connectivity index is 1.24. The molecule has 1 aromatic heterocycles. The van der Waals surface area contributed by atoms with Crippen LogP contribution in [0, 0.1) is 0 Å². The summed E-state index contributed by atoms with van der Waals surface area (Å²) in [5, 5.41) is 2.91. The number of hydrogen-bond donors (Lipinski definition) is 0. The van der Waals surface area contributed by atoms with E-state index in [-0.39, 0.29) is 12.7 Å². The number of aromatic nitrogens is 1. The lowest BCUT2D eigenvalue weighted by atomic mass is 9.99. The highest BCUT2D eigenvalue weighted by atomic mass is 32.1. The summed E-state index contributed by atoms with van der Waals surface area (Å²) in [5.74, 6) is 1.72. The number of carbonyl (C=O) groups excluding carboxylic acids is 1. The van der Waals surface area contributed by atoms with Gasteiger partial charge < -0.3 is 14.4 Å². The molecule has 0 bridgehead atoms. The Morgan fingerprint density at radius 2 is 2.11 bits per heavy atom. The molecule has 6 nitrogen and oxygen atoms in total. The standard InChI is InChI=1S/C20H23N3O3S/c24-19(23-8-7-22-6-2-1-3-16(22)11-23)10-15-12-27-20(21-15)14-4-5-17-18(9-14)26-13-25-17/h4-5,9,12,16H,1-3,6-8,10-11,13H2. The van der Waals surface area contributed by atoms with Gasteiger partial charge in [0.05, 0.1) is 12.1 Å². The van der Waals surface area contributed by atoms with Crippen molar-refractivity contribution < 1.29 is 14.3 Å². The molecule has 1 aromatic carbocycles. The van der Waals surface area contributed by atoms with Crippen LogP contribution in [0.15, 0.2) is 23.6 Å². The molecule has 0 saturated carbocycles. The van der Waals surface area contributed by atoms with Gasteiger partial charge in [-0.3, -0.25) is 9.69 Å². The molecule has 3 aliphatic rings. The Labute approximate surface area is 162 Å². The number of hydrogen-bond acceptors (Lipinski definition) is 6. The van der Waals surface area contributed by atoms with Gasteiger partial charge in [-0.25, -0.2) is 4.98 Å². The Kier molecular flexibility index (Phi) is 4.49. The summed E-state index contributed by atoms with van der Waals surface area (Å²) in [6.07, 6.45) is 4.18. The van der Waals surface area contributed by atoms with E-state index in [4.69, 9.17) is 9.47 Å². The van der Waals surface area contributed by atoms with Crippen LogP contribution in [0.2, 0.25) is 0 Å². The number of nitrogens with zero attached hydrogens (tertiary/aromatic N) is 3. The second-order valence-electron chi connectivity index (χ2n) is 7.41. The largest absolute Gasteiger partial charge is 0.454 e. The molecule has 0 aliphatic carbocycles. The third-order valence-electron chi connectivity index (χ3n) is 5.69. The lowest BCUT2D eigenvalue weighted by Gasteiger charge is -2.44. The van der Waals surface area contributed by atoms with Gasteiger partial charge in [0.15, 0.2) is 11.5 Å². The molecule has 2 fully saturated rings. The van der Waals surface area contributed by atoms with E-state index in [1.165, 1.54) is 25.8 Å². The fraction of sp³-hybridized carbons (Fsp3) is 0.500. The molecule has 27 heavy (non-hydrogen) atoms. The van der Waals surface area contributed by atoms with Crippen molar-refractivity contribution >= 4 is 17.2 Å². The number of amides is 1. The monoisotopic (exact) mass is 385 g/mol. The van der Waals surface area contributed by atoms with Gasteiger partial charge in [0.25, 0.3) is 0 Å². The maximum absolute atomic E-state index is 12.8. The van der Waals surface area contributed by atoms with Gasteiger partial charge in [0.2, 0.25) is 12.7 Å². The molecule has 1 amide bonds. The second kappa shape index (κ2) is 7.13. The van der Waals surface area contributed by atoms with Crippen LogP contribution in [0.3, 0.4) is 0 Å². The first-order valence-electron chi connectivity index (χ1n) is 9.62. The van der Waals surface area contributed by atoms with E-state index < -0.39 is 0 Å². The topological polar surface area (TPSA) is 54.9 Å². The Morgan fingerprint density at radius 1 is 1.19 bits per heavy atom. The minimum Gasteiger partial charge on any atom is -0.454 e. The first kappa shape index (κ1) is 17.0. The molecule has 3 aliphatic heterocycles. The molecule has 7 heteroatoms. The molecule has 142 valence electrons. The fourth-order valence-corrected chi connectivity index (χ4v) is 5.02. The van der Waals surface area contributed by atoms with E-state index in [0.717, 1.165) is 47.4 Å². The van der Waals surface area contributed by atoms with Crippen molar-refractivity contribution in [3.05, 3.63) is 29.3 Å². The van der Waals surface area contributed by atoms with Crippen LogP contribution >= 0.6 is 11.3 Å². The van der Waals surface area contributed by atoms with Crippen molar-refractivity contribution in [1.29, 1.82) is 0 Å². The van der Waals surface area contributed by atoms with Crippen LogP contribution in [0.5, 0.6) is 11.5 Å². The van der Waals surface area contributed by atoms with Gasteiger partial charge in [0, 0.05) is 36.6 Å². The average Bonchev–Trinajstić information content (AvgIpc) is 3.36. The quantitative estimate of drug-likeness (QED) is 0.813. The number of fused-ring (bicyclic) bond motifs is 2. The zero-order valence-corrected chi connectivity index (χ0v) is 16.0. The van der Waals surface area contributed by atoms with Gasteiger partial charge >= 0.3 is 0 Å². The Morgan fingerprint density at radius 3 is 3.07 bits per heavy atom. The van der Waals surface area contributed by atoms with E-state index in [9.17, 15) is 4.79 Å². The molecular formula is C20H23N3O3S. The molecule has 5 rings (SSSR count). The molecule has 0 radical (unpaired) electrons. The third kappa shape index (κ3) is 3.41. The van der Waals surface area contributed by atoms with Crippen LogP contribution in [0.1, 0.15) is 25.0 Å². The van der Waals surface area contributed by atoms with Crippen LogP contribution in [-0.4, -0.2) is 59.7 Å². The van der Waals surface area contributed by atoms with Crippen LogP contribution in [0.25, 0.3) is 10.6 Å². The van der Waals surface area contributed by atoms with Gasteiger partial charge in [-0.15, -0.1) is 11.3 Å². The van der Waals surface area contributed by atoms with Crippen molar-refractivity contribution in [1.82, 2.24) is 14.8 Å². The zero-order chi connectivity index (χ0) is 18.2. The summed E-state index contributed by atoms with van der Waals surface area (Å²) in [6, 6.07) is 6.40. The SMILES string of the molecule is O=C(Cc1csc(-c2ccc3c(c2)OCO3)n1)N1CCN2CCCCC2C1. The fourth-order valence-electron chi connectivity index (χ4n) is 4.20. The lowest BCUT2D eigenvalue weighted by Crippen LogP contribution is -2.56. The smallest absolute Gasteiger partial charge is 0.231 e.